The largest absolute Gasteiger partial charge is 0.493 e. The Bertz CT molecular complexity index is 675. The van der Waals surface area contributed by atoms with Crippen LogP contribution in [0.3, 0.4) is 0 Å². The molecule has 2 aromatic rings. The molecule has 0 radical (unpaired) electrons. The lowest BCUT2D eigenvalue weighted by Gasteiger charge is -2.19. The van der Waals surface area contributed by atoms with Crippen LogP contribution in [0.1, 0.15) is 20.3 Å². The lowest BCUT2D eigenvalue weighted by atomic mass is 10.2. The fourth-order valence-electron chi connectivity index (χ4n) is 2.26. The Morgan fingerprint density at radius 2 is 1.75 bits per heavy atom. The van der Waals surface area contributed by atoms with Crippen molar-refractivity contribution in [3.05, 3.63) is 48.5 Å². The molecule has 0 saturated heterocycles. The third kappa shape index (κ3) is 4.68. The van der Waals surface area contributed by atoms with E-state index in [0.29, 0.717) is 17.9 Å². The highest BCUT2D eigenvalue weighted by molar-refractivity contribution is 7.99. The molecule has 1 atom stereocenters. The maximum Gasteiger partial charge on any atom is 0.265 e. The zero-order valence-electron chi connectivity index (χ0n) is 14.2. The normalized spacial score (nSPS) is 11.6. The van der Waals surface area contributed by atoms with Gasteiger partial charge in [-0.3, -0.25) is 4.79 Å². The molecule has 0 saturated carbocycles. The van der Waals surface area contributed by atoms with Gasteiger partial charge in [-0.15, -0.1) is 11.8 Å². The molecule has 2 rings (SSSR count). The number of para-hydroxylation sites is 3. The Hall–Kier alpha value is -2.14. The molecule has 0 aromatic heterocycles. The smallest absolute Gasteiger partial charge is 0.265 e. The zero-order chi connectivity index (χ0) is 17.4. The molecule has 128 valence electrons. The molecule has 1 amide bonds. The predicted molar refractivity (Wildman–Crippen MR) is 99.2 cm³/mol. The summed E-state index contributed by atoms with van der Waals surface area (Å²) in [5.74, 6) is 1.97. The number of amides is 1. The summed E-state index contributed by atoms with van der Waals surface area (Å²) in [5, 5.41) is 2.98. The van der Waals surface area contributed by atoms with Gasteiger partial charge in [0.15, 0.2) is 17.6 Å². The number of rotatable bonds is 8. The third-order valence-corrected chi connectivity index (χ3v) is 4.40. The average molecular weight is 345 g/mol. The van der Waals surface area contributed by atoms with Crippen LogP contribution in [0.4, 0.5) is 5.69 Å². The van der Waals surface area contributed by atoms with Gasteiger partial charge in [0, 0.05) is 4.90 Å². The summed E-state index contributed by atoms with van der Waals surface area (Å²) in [5.41, 5.74) is 0.816. The van der Waals surface area contributed by atoms with Gasteiger partial charge in [0.05, 0.1) is 12.8 Å². The summed E-state index contributed by atoms with van der Waals surface area (Å²) in [6, 6.07) is 15.1. The molecule has 0 aliphatic carbocycles. The second-order valence-corrected chi connectivity index (χ2v) is 6.39. The van der Waals surface area contributed by atoms with E-state index in [9.17, 15) is 4.79 Å². The van der Waals surface area contributed by atoms with Crippen LogP contribution < -0.4 is 14.8 Å². The summed E-state index contributed by atoms with van der Waals surface area (Å²) in [6.45, 7) is 4.01. The number of nitrogens with one attached hydrogen (secondary N) is 1. The van der Waals surface area contributed by atoms with Crippen LogP contribution in [0.5, 0.6) is 11.5 Å². The maximum atomic E-state index is 12.6. The summed E-state index contributed by atoms with van der Waals surface area (Å²) < 4.78 is 11.2. The van der Waals surface area contributed by atoms with Gasteiger partial charge >= 0.3 is 0 Å². The van der Waals surface area contributed by atoms with Crippen LogP contribution in [0.15, 0.2) is 53.4 Å². The number of ether oxygens (including phenoxy) is 2. The van der Waals surface area contributed by atoms with E-state index in [1.54, 1.807) is 24.9 Å². The first-order valence-electron chi connectivity index (χ1n) is 8.01. The van der Waals surface area contributed by atoms with Crippen molar-refractivity contribution in [2.75, 3.05) is 18.2 Å². The molecule has 2 aromatic carbocycles. The van der Waals surface area contributed by atoms with Crippen LogP contribution in [0.25, 0.3) is 0 Å². The van der Waals surface area contributed by atoms with Crippen molar-refractivity contribution < 1.29 is 14.3 Å². The first kappa shape index (κ1) is 18.2. The monoisotopic (exact) mass is 345 g/mol. The quantitative estimate of drug-likeness (QED) is 0.710. The number of hydrogen-bond donors (Lipinski definition) is 1. The van der Waals surface area contributed by atoms with E-state index in [0.717, 1.165) is 16.3 Å². The highest BCUT2D eigenvalue weighted by atomic mass is 32.2. The molecule has 1 N–H and O–H groups in total. The molecule has 0 heterocycles. The molecule has 0 spiro atoms. The Morgan fingerprint density at radius 1 is 1.08 bits per heavy atom. The molecule has 0 bridgehead atoms. The second-order valence-electron chi connectivity index (χ2n) is 5.08. The Labute approximate surface area is 147 Å². The minimum absolute atomic E-state index is 0.160. The fraction of sp³-hybridized carbons (Fsp3) is 0.316. The van der Waals surface area contributed by atoms with Crippen molar-refractivity contribution >= 4 is 23.4 Å². The summed E-state index contributed by atoms with van der Waals surface area (Å²) in [6.07, 6.45) is -0.0200. The average Bonchev–Trinajstić information content (AvgIpc) is 2.61. The number of hydrogen-bond acceptors (Lipinski definition) is 4. The molecule has 0 fully saturated rings. The zero-order valence-corrected chi connectivity index (χ0v) is 15.1. The van der Waals surface area contributed by atoms with E-state index in [2.05, 4.69) is 12.2 Å². The molecular formula is C19H23NO3S. The molecule has 4 nitrogen and oxygen atoms in total. The predicted octanol–water partition coefficient (Wildman–Crippen LogP) is 4.60. The number of methoxy groups -OCH3 is 1. The molecule has 0 aliphatic rings. The van der Waals surface area contributed by atoms with Crippen molar-refractivity contribution in [3.63, 3.8) is 0 Å². The maximum absolute atomic E-state index is 12.6. The summed E-state index contributed by atoms with van der Waals surface area (Å²) in [7, 11) is 1.58. The van der Waals surface area contributed by atoms with Crippen molar-refractivity contribution in [2.24, 2.45) is 0 Å². The third-order valence-electron chi connectivity index (χ3n) is 3.45. The highest BCUT2D eigenvalue weighted by Gasteiger charge is 2.21. The second kappa shape index (κ2) is 9.23. The number of carbonyl (C=O) groups excluding carboxylic acids is 1. The van der Waals surface area contributed by atoms with E-state index in [4.69, 9.17) is 9.47 Å². The van der Waals surface area contributed by atoms with E-state index < -0.39 is 6.10 Å². The topological polar surface area (TPSA) is 47.6 Å². The van der Waals surface area contributed by atoms with E-state index >= 15 is 0 Å². The fourth-order valence-corrected chi connectivity index (χ4v) is 3.02. The van der Waals surface area contributed by atoms with Gasteiger partial charge < -0.3 is 14.8 Å². The van der Waals surface area contributed by atoms with Gasteiger partial charge in [-0.2, -0.15) is 0 Å². The summed E-state index contributed by atoms with van der Waals surface area (Å²) >= 11 is 1.70. The van der Waals surface area contributed by atoms with Gasteiger partial charge in [0.2, 0.25) is 0 Å². The molecule has 5 heteroatoms. The van der Waals surface area contributed by atoms with Gasteiger partial charge in [-0.05, 0) is 36.4 Å². The first-order valence-corrected chi connectivity index (χ1v) is 9.00. The minimum Gasteiger partial charge on any atom is -0.493 e. The van der Waals surface area contributed by atoms with Crippen LogP contribution >= 0.6 is 11.8 Å². The molecule has 1 unspecified atom stereocenters. The highest BCUT2D eigenvalue weighted by Crippen LogP contribution is 2.29. The van der Waals surface area contributed by atoms with Crippen molar-refractivity contribution in [3.8, 4) is 11.5 Å². The van der Waals surface area contributed by atoms with Gasteiger partial charge in [0.25, 0.3) is 5.91 Å². The van der Waals surface area contributed by atoms with Gasteiger partial charge in [-0.25, -0.2) is 0 Å². The van der Waals surface area contributed by atoms with Crippen molar-refractivity contribution in [1.82, 2.24) is 0 Å². The Balaban J connectivity index is 2.12. The Kier molecular flexibility index (Phi) is 7.00. The molecule has 24 heavy (non-hydrogen) atoms. The van der Waals surface area contributed by atoms with Gasteiger partial charge in [0.1, 0.15) is 0 Å². The number of thioether (sulfide) groups is 1. The van der Waals surface area contributed by atoms with Crippen LogP contribution in [-0.4, -0.2) is 24.9 Å². The Morgan fingerprint density at radius 3 is 2.42 bits per heavy atom. The molecule has 0 aliphatic heterocycles. The minimum atomic E-state index is -0.582. The number of benzene rings is 2. The molecular weight excluding hydrogens is 322 g/mol. The van der Waals surface area contributed by atoms with E-state index in [1.807, 2.05) is 49.4 Å². The van der Waals surface area contributed by atoms with E-state index in [-0.39, 0.29) is 5.91 Å². The van der Waals surface area contributed by atoms with Crippen molar-refractivity contribution in [2.45, 2.75) is 31.3 Å². The summed E-state index contributed by atoms with van der Waals surface area (Å²) in [4.78, 5) is 13.7. The van der Waals surface area contributed by atoms with Crippen LogP contribution in [-0.2, 0) is 4.79 Å². The number of carbonyl (C=O) groups is 1. The standard InChI is InChI=1S/C19H23NO3S/c1-4-15(23-17-12-8-7-11-16(17)22-3)19(21)20-14-10-6-9-13-18(14)24-5-2/h6-13,15H,4-5H2,1-3H3,(H,20,21). The van der Waals surface area contributed by atoms with E-state index in [1.165, 1.54) is 0 Å². The van der Waals surface area contributed by atoms with Crippen LogP contribution in [0, 0.1) is 0 Å². The lowest BCUT2D eigenvalue weighted by Crippen LogP contribution is -2.32. The SMILES string of the molecule is CCSc1ccccc1NC(=O)C(CC)Oc1ccccc1OC. The van der Waals surface area contributed by atoms with Gasteiger partial charge in [-0.1, -0.05) is 38.1 Å². The van der Waals surface area contributed by atoms with Crippen LogP contribution in [0.2, 0.25) is 0 Å². The number of anilines is 1. The first-order chi connectivity index (χ1) is 11.7. The van der Waals surface area contributed by atoms with Crippen molar-refractivity contribution in [1.29, 1.82) is 0 Å². The lowest BCUT2D eigenvalue weighted by molar-refractivity contribution is -0.122.